The molecule has 2 heterocycles. The van der Waals surface area contributed by atoms with Crippen LogP contribution in [0.2, 0.25) is 0 Å². The lowest BCUT2D eigenvalue weighted by Gasteiger charge is -2.22. The van der Waals surface area contributed by atoms with Crippen molar-refractivity contribution in [3.63, 3.8) is 0 Å². The number of anilines is 1. The maximum Gasteiger partial charge on any atom is 0.314 e. The summed E-state index contributed by atoms with van der Waals surface area (Å²) in [6, 6.07) is 5.67. The molecule has 0 bridgehead atoms. The lowest BCUT2D eigenvalue weighted by Crippen LogP contribution is -2.41. The quantitative estimate of drug-likeness (QED) is 0.236. The number of amides is 3. The van der Waals surface area contributed by atoms with Crippen molar-refractivity contribution in [3.05, 3.63) is 42.1 Å². The molecule has 1 saturated carbocycles. The number of pyridine rings is 1. The smallest absolute Gasteiger partial charge is 0.314 e. The normalized spacial score (nSPS) is 13.4. The summed E-state index contributed by atoms with van der Waals surface area (Å²) in [5.41, 5.74) is 3.56. The van der Waals surface area contributed by atoms with Crippen LogP contribution in [0.15, 0.2) is 30.7 Å². The largest absolute Gasteiger partial charge is 0.341 e. The maximum absolute atomic E-state index is 14.4. The van der Waals surface area contributed by atoms with Crippen LogP contribution in [0.4, 0.5) is 15.0 Å². The number of nitrogens with zero attached hydrogens (tertiary/aromatic N) is 3. The summed E-state index contributed by atoms with van der Waals surface area (Å²) in [4.78, 5) is 29.7. The van der Waals surface area contributed by atoms with Gasteiger partial charge < -0.3 is 20.5 Å². The third-order valence-electron chi connectivity index (χ3n) is 5.98. The van der Waals surface area contributed by atoms with E-state index in [2.05, 4.69) is 25.9 Å². The van der Waals surface area contributed by atoms with Crippen LogP contribution < -0.4 is 16.0 Å². The maximum atomic E-state index is 14.4. The van der Waals surface area contributed by atoms with Crippen molar-refractivity contribution < 1.29 is 18.3 Å². The second-order valence-corrected chi connectivity index (χ2v) is 8.78. The van der Waals surface area contributed by atoms with E-state index < -0.39 is 0 Å². The van der Waals surface area contributed by atoms with Crippen molar-refractivity contribution in [2.75, 3.05) is 12.4 Å². The highest BCUT2D eigenvalue weighted by atomic mass is 127. The Labute approximate surface area is 227 Å². The van der Waals surface area contributed by atoms with Crippen LogP contribution in [0.25, 0.3) is 22.2 Å². The summed E-state index contributed by atoms with van der Waals surface area (Å²) in [5, 5.41) is 8.00. The average molecular weight is 603 g/mol. The van der Waals surface area contributed by atoms with E-state index in [1.807, 2.05) is 31.4 Å². The number of carbonyl (C=O) groups is 2. The number of hydrogen-bond acceptors (Lipinski definition) is 4. The zero-order valence-electron chi connectivity index (χ0n) is 20.6. The predicted molar refractivity (Wildman–Crippen MR) is 154 cm³/mol. The topological polar surface area (TPSA) is 101 Å². The number of urea groups is 1. The molecular formula is C25H40FIN6O2. The van der Waals surface area contributed by atoms with Gasteiger partial charge >= 0.3 is 6.03 Å². The van der Waals surface area contributed by atoms with Crippen molar-refractivity contribution in [1.29, 1.82) is 0 Å². The summed E-state index contributed by atoms with van der Waals surface area (Å²) in [7, 11) is 1.65. The Morgan fingerprint density at radius 2 is 1.91 bits per heavy atom. The summed E-state index contributed by atoms with van der Waals surface area (Å²) < 4.78 is 16.4. The number of nitrogens with one attached hydrogen (secondary N) is 3. The number of aryl methyl sites for hydroxylation is 1. The number of carbonyl (C=O) groups excluding carboxylic acids is 2. The number of imidazole rings is 1. The molecule has 0 unspecified atom stereocenters. The Morgan fingerprint density at radius 3 is 2.54 bits per heavy atom. The lowest BCUT2D eigenvalue weighted by atomic mass is 9.96. The monoisotopic (exact) mass is 602 g/mol. The second kappa shape index (κ2) is 13.4. The number of benzene rings is 1. The second-order valence-electron chi connectivity index (χ2n) is 8.78. The molecule has 0 saturated heterocycles. The van der Waals surface area contributed by atoms with Gasteiger partial charge in [-0.3, -0.25) is 4.79 Å². The van der Waals surface area contributed by atoms with Gasteiger partial charge in [-0.25, -0.2) is 19.2 Å². The standard InChI is InChI=1S/C17H17FN4O.C8H16N2O.HI.3H2/c1-10(2)22-8-20-17-14(18)4-12(5-15(17)22)13-6-16(21-9-23)19-7-11(13)3;1-9-8(11)10-7-5-3-2-4-6-7;;;;/h4-10H,1-3H3,(H,19,21,23);7H,2-6H2,1H3,(H2,9,10,11);4*1H. The molecule has 4 rings (SSSR count). The third-order valence-corrected chi connectivity index (χ3v) is 5.98. The van der Waals surface area contributed by atoms with Crippen LogP contribution in [-0.4, -0.2) is 40.1 Å². The Balaban J connectivity index is 0. The number of rotatable bonds is 5. The molecule has 0 aliphatic heterocycles. The minimum atomic E-state index is -0.363. The van der Waals surface area contributed by atoms with Gasteiger partial charge in [0.05, 0.1) is 11.8 Å². The zero-order chi connectivity index (χ0) is 24.7. The van der Waals surface area contributed by atoms with Crippen LogP contribution in [-0.2, 0) is 4.79 Å². The highest BCUT2D eigenvalue weighted by Crippen LogP contribution is 2.30. The van der Waals surface area contributed by atoms with Gasteiger partial charge in [0.1, 0.15) is 11.3 Å². The van der Waals surface area contributed by atoms with Gasteiger partial charge in [0.25, 0.3) is 0 Å². The molecule has 3 N–H and O–H groups in total. The highest BCUT2D eigenvalue weighted by molar-refractivity contribution is 14.0. The van der Waals surface area contributed by atoms with E-state index in [0.717, 1.165) is 35.0 Å². The van der Waals surface area contributed by atoms with Gasteiger partial charge in [-0.1, -0.05) is 19.3 Å². The van der Waals surface area contributed by atoms with Gasteiger partial charge in [0, 0.05) is 29.6 Å². The Kier molecular flexibility index (Phi) is 10.9. The molecule has 0 radical (unpaired) electrons. The minimum Gasteiger partial charge on any atom is -0.341 e. The fourth-order valence-corrected chi connectivity index (χ4v) is 4.14. The van der Waals surface area contributed by atoms with Gasteiger partial charge in [0.15, 0.2) is 5.82 Å². The van der Waals surface area contributed by atoms with E-state index in [9.17, 15) is 14.0 Å². The molecule has 10 heteroatoms. The van der Waals surface area contributed by atoms with E-state index in [1.54, 1.807) is 25.6 Å². The number of halogens is 2. The van der Waals surface area contributed by atoms with E-state index >= 15 is 0 Å². The fraction of sp³-hybridized carbons (Fsp3) is 0.440. The van der Waals surface area contributed by atoms with E-state index in [0.29, 0.717) is 23.8 Å². The average Bonchev–Trinajstić information content (AvgIpc) is 3.26. The van der Waals surface area contributed by atoms with Crippen LogP contribution in [0, 0.1) is 12.7 Å². The molecule has 1 aliphatic carbocycles. The Hall–Kier alpha value is -2.76. The number of aromatic nitrogens is 3. The number of hydrogen-bond donors (Lipinski definition) is 3. The molecule has 196 valence electrons. The summed E-state index contributed by atoms with van der Waals surface area (Å²) >= 11 is 0. The van der Waals surface area contributed by atoms with E-state index in [1.165, 1.54) is 25.3 Å². The predicted octanol–water partition coefficient (Wildman–Crippen LogP) is 6.30. The SMILES string of the molecule is CNC(=O)NC1CCCCC1.Cc1cnc(NC=O)cc1-c1cc(F)c2ncn(C(C)C)c2c1.I.[HH].[HH].[HH]. The highest BCUT2D eigenvalue weighted by Gasteiger charge is 2.15. The van der Waals surface area contributed by atoms with Crippen LogP contribution in [0.1, 0.15) is 61.8 Å². The van der Waals surface area contributed by atoms with Crippen LogP contribution >= 0.6 is 24.0 Å². The Morgan fingerprint density at radius 1 is 1.20 bits per heavy atom. The van der Waals surface area contributed by atoms with Crippen molar-refractivity contribution in [3.8, 4) is 11.1 Å². The summed E-state index contributed by atoms with van der Waals surface area (Å²) in [6.07, 6.45) is 10.0. The molecule has 0 spiro atoms. The first-order valence-electron chi connectivity index (χ1n) is 11.7. The molecule has 1 aliphatic rings. The molecular weight excluding hydrogens is 562 g/mol. The summed E-state index contributed by atoms with van der Waals surface area (Å²) in [6.45, 7) is 5.94. The first kappa shape index (κ1) is 28.5. The first-order valence-corrected chi connectivity index (χ1v) is 11.7. The summed E-state index contributed by atoms with van der Waals surface area (Å²) in [5.74, 6) is 0.0662. The van der Waals surface area contributed by atoms with Crippen molar-refractivity contribution in [1.82, 2.24) is 25.2 Å². The van der Waals surface area contributed by atoms with Crippen molar-refractivity contribution >= 4 is 53.3 Å². The van der Waals surface area contributed by atoms with Crippen LogP contribution in [0.5, 0.6) is 0 Å². The van der Waals surface area contributed by atoms with Gasteiger partial charge in [-0.15, -0.1) is 24.0 Å². The molecule has 1 fully saturated rings. The van der Waals surface area contributed by atoms with Crippen LogP contribution in [0.3, 0.4) is 0 Å². The molecule has 3 aromatic rings. The minimum absolute atomic E-state index is 0. The third kappa shape index (κ3) is 7.36. The Bertz CT molecular complexity index is 1160. The van der Waals surface area contributed by atoms with Gasteiger partial charge in [-0.05, 0) is 68.5 Å². The zero-order valence-corrected chi connectivity index (χ0v) is 22.9. The molecule has 0 atom stereocenters. The van der Waals surface area contributed by atoms with Gasteiger partial charge in [0.2, 0.25) is 6.41 Å². The van der Waals surface area contributed by atoms with Crippen molar-refractivity contribution in [2.45, 2.75) is 65.0 Å². The van der Waals surface area contributed by atoms with E-state index in [-0.39, 0.29) is 46.1 Å². The van der Waals surface area contributed by atoms with Crippen molar-refractivity contribution in [2.24, 2.45) is 0 Å². The molecule has 8 nitrogen and oxygen atoms in total. The molecule has 2 aromatic heterocycles. The number of fused-ring (bicyclic) bond motifs is 1. The van der Waals surface area contributed by atoms with Gasteiger partial charge in [-0.2, -0.15) is 0 Å². The fourth-order valence-electron chi connectivity index (χ4n) is 4.14. The molecule has 3 amide bonds. The molecule has 35 heavy (non-hydrogen) atoms. The first-order chi connectivity index (χ1) is 16.3. The van der Waals surface area contributed by atoms with E-state index in [4.69, 9.17) is 0 Å². The molecule has 1 aromatic carbocycles. The lowest BCUT2D eigenvalue weighted by molar-refractivity contribution is -0.105.